The summed E-state index contributed by atoms with van der Waals surface area (Å²) in [5.41, 5.74) is 0. The molecule has 0 radical (unpaired) electrons. The van der Waals surface area contributed by atoms with Gasteiger partial charge in [0.15, 0.2) is 0 Å². The topological polar surface area (TPSA) is 66.4 Å². The zero-order chi connectivity index (χ0) is 10.4. The summed E-state index contributed by atoms with van der Waals surface area (Å²) in [6.45, 7) is 3.23. The van der Waals surface area contributed by atoms with Crippen LogP contribution < -0.4 is 0 Å². The number of amidine groups is 1. The van der Waals surface area contributed by atoms with Crippen molar-refractivity contribution < 1.29 is 0 Å². The summed E-state index contributed by atoms with van der Waals surface area (Å²) in [7, 11) is 1.93. The van der Waals surface area contributed by atoms with E-state index in [4.69, 9.17) is 10.5 Å². The minimum Gasteiger partial charge on any atom is -0.360 e. The van der Waals surface area contributed by atoms with Crippen molar-refractivity contribution in [3.63, 3.8) is 0 Å². The highest BCUT2D eigenvalue weighted by atomic mass is 15.3. The average molecular weight is 191 g/mol. The van der Waals surface area contributed by atoms with Gasteiger partial charge in [0.1, 0.15) is 5.84 Å². The summed E-state index contributed by atoms with van der Waals surface area (Å²) in [5, 5.41) is 16.9. The quantitative estimate of drug-likeness (QED) is 0.577. The lowest BCUT2D eigenvalue weighted by atomic mass is 10.3. The molecule has 1 rings (SSSR count). The maximum atomic E-state index is 8.46. The number of hydrogen-bond donors (Lipinski definition) is 0. The van der Waals surface area contributed by atoms with E-state index in [2.05, 4.69) is 16.0 Å². The Balaban J connectivity index is 2.51. The first-order chi connectivity index (χ1) is 6.77. The van der Waals surface area contributed by atoms with E-state index in [1.807, 2.05) is 11.9 Å². The van der Waals surface area contributed by atoms with Crippen LogP contribution in [0.15, 0.2) is 4.99 Å². The van der Waals surface area contributed by atoms with Crippen molar-refractivity contribution in [2.75, 3.05) is 33.2 Å². The molecule has 0 amide bonds. The SMILES string of the molecule is CN1CCN(CCC#N)CC1=NC#N. The highest BCUT2D eigenvalue weighted by Crippen LogP contribution is 2.02. The summed E-state index contributed by atoms with van der Waals surface area (Å²) in [4.78, 5) is 7.86. The van der Waals surface area contributed by atoms with Crippen LogP contribution in [-0.2, 0) is 0 Å². The Hall–Kier alpha value is -1.59. The van der Waals surface area contributed by atoms with Gasteiger partial charge in [0.25, 0.3) is 0 Å². The van der Waals surface area contributed by atoms with E-state index in [1.165, 1.54) is 0 Å². The summed E-state index contributed by atoms with van der Waals surface area (Å²) in [5.74, 6) is 0.789. The molecule has 0 aromatic heterocycles. The molecule has 5 nitrogen and oxygen atoms in total. The number of piperazine rings is 1. The maximum absolute atomic E-state index is 8.46. The molecule has 0 unspecified atom stereocenters. The Labute approximate surface area is 83.9 Å². The summed E-state index contributed by atoms with van der Waals surface area (Å²) < 4.78 is 0. The Morgan fingerprint density at radius 3 is 2.86 bits per heavy atom. The van der Waals surface area contributed by atoms with E-state index < -0.39 is 0 Å². The predicted molar refractivity (Wildman–Crippen MR) is 52.3 cm³/mol. The van der Waals surface area contributed by atoms with E-state index in [-0.39, 0.29) is 0 Å². The van der Waals surface area contributed by atoms with Crippen molar-refractivity contribution in [3.05, 3.63) is 0 Å². The maximum Gasteiger partial charge on any atom is 0.207 e. The van der Waals surface area contributed by atoms with Gasteiger partial charge in [-0.25, -0.2) is 0 Å². The van der Waals surface area contributed by atoms with Gasteiger partial charge >= 0.3 is 0 Å². The summed E-state index contributed by atoms with van der Waals surface area (Å²) in [6, 6.07) is 2.11. The van der Waals surface area contributed by atoms with Gasteiger partial charge in [-0.05, 0) is 0 Å². The van der Waals surface area contributed by atoms with Gasteiger partial charge < -0.3 is 4.90 Å². The molecule has 0 bridgehead atoms. The molecule has 0 aromatic carbocycles. The fourth-order valence-corrected chi connectivity index (χ4v) is 1.40. The third-order valence-electron chi connectivity index (χ3n) is 2.28. The third kappa shape index (κ3) is 2.72. The van der Waals surface area contributed by atoms with Gasteiger partial charge in [0.2, 0.25) is 6.19 Å². The monoisotopic (exact) mass is 191 g/mol. The lowest BCUT2D eigenvalue weighted by molar-refractivity contribution is 0.250. The van der Waals surface area contributed by atoms with Crippen molar-refractivity contribution in [1.29, 1.82) is 10.5 Å². The zero-order valence-electron chi connectivity index (χ0n) is 8.27. The van der Waals surface area contributed by atoms with Crippen molar-refractivity contribution >= 4 is 5.84 Å². The zero-order valence-corrected chi connectivity index (χ0v) is 8.27. The number of rotatable bonds is 2. The van der Waals surface area contributed by atoms with Crippen molar-refractivity contribution in [1.82, 2.24) is 9.80 Å². The van der Waals surface area contributed by atoms with Crippen LogP contribution in [0.25, 0.3) is 0 Å². The standard InChI is InChI=1S/C9H13N5/c1-13-5-6-14(4-2-3-10)7-9(13)12-8-11/h2,4-7H2,1H3. The molecule has 0 aliphatic carbocycles. The van der Waals surface area contributed by atoms with Gasteiger partial charge in [0.05, 0.1) is 12.6 Å². The second-order valence-corrected chi connectivity index (χ2v) is 3.23. The molecule has 1 fully saturated rings. The van der Waals surface area contributed by atoms with Crippen LogP contribution in [0.1, 0.15) is 6.42 Å². The Morgan fingerprint density at radius 1 is 1.43 bits per heavy atom. The van der Waals surface area contributed by atoms with Gasteiger partial charge in [-0.3, -0.25) is 4.90 Å². The first kappa shape index (κ1) is 10.5. The van der Waals surface area contributed by atoms with Gasteiger partial charge in [0, 0.05) is 33.1 Å². The molecule has 0 N–H and O–H groups in total. The van der Waals surface area contributed by atoms with Crippen LogP contribution in [-0.4, -0.2) is 48.9 Å². The van der Waals surface area contributed by atoms with Crippen molar-refractivity contribution in [3.8, 4) is 12.3 Å². The number of hydrogen-bond acceptors (Lipinski definition) is 4. The average Bonchev–Trinajstić information content (AvgIpc) is 2.19. The molecule has 0 spiro atoms. The minimum absolute atomic E-state index is 0.531. The van der Waals surface area contributed by atoms with Crippen LogP contribution in [0.4, 0.5) is 0 Å². The fraction of sp³-hybridized carbons (Fsp3) is 0.667. The Kier molecular flexibility index (Phi) is 3.90. The van der Waals surface area contributed by atoms with E-state index in [1.54, 1.807) is 6.19 Å². The number of nitrogens with zero attached hydrogens (tertiary/aromatic N) is 5. The van der Waals surface area contributed by atoms with Crippen LogP contribution in [0.5, 0.6) is 0 Å². The van der Waals surface area contributed by atoms with Gasteiger partial charge in [-0.2, -0.15) is 15.5 Å². The number of aliphatic imine (C=N–C) groups is 1. The smallest absolute Gasteiger partial charge is 0.207 e. The molecule has 74 valence electrons. The molecule has 0 atom stereocenters. The fourth-order valence-electron chi connectivity index (χ4n) is 1.40. The molecule has 1 aliphatic heterocycles. The van der Waals surface area contributed by atoms with Crippen LogP contribution in [0.2, 0.25) is 0 Å². The molecule has 0 saturated carbocycles. The van der Waals surface area contributed by atoms with E-state index in [9.17, 15) is 0 Å². The van der Waals surface area contributed by atoms with Crippen molar-refractivity contribution in [2.24, 2.45) is 4.99 Å². The first-order valence-corrected chi connectivity index (χ1v) is 4.54. The van der Waals surface area contributed by atoms with Crippen molar-refractivity contribution in [2.45, 2.75) is 6.42 Å². The van der Waals surface area contributed by atoms with Gasteiger partial charge in [-0.1, -0.05) is 0 Å². The second kappa shape index (κ2) is 5.21. The molecule has 5 heteroatoms. The molecular weight excluding hydrogens is 178 g/mol. The largest absolute Gasteiger partial charge is 0.360 e. The molecule has 0 aromatic rings. The third-order valence-corrected chi connectivity index (χ3v) is 2.28. The van der Waals surface area contributed by atoms with Crippen LogP contribution in [0, 0.1) is 22.8 Å². The van der Waals surface area contributed by atoms with Gasteiger partial charge in [-0.15, -0.1) is 0 Å². The Morgan fingerprint density at radius 2 is 2.21 bits per heavy atom. The number of likely N-dealkylation sites (N-methyl/N-ethyl adjacent to an activating group) is 1. The molecule has 14 heavy (non-hydrogen) atoms. The lowest BCUT2D eigenvalue weighted by Crippen LogP contribution is -2.48. The molecule has 1 saturated heterocycles. The highest BCUT2D eigenvalue weighted by Gasteiger charge is 2.18. The predicted octanol–water partition coefficient (Wildman–Crippen LogP) is 0.0271. The van der Waals surface area contributed by atoms with E-state index >= 15 is 0 Å². The number of nitriles is 2. The highest BCUT2D eigenvalue weighted by molar-refractivity contribution is 5.85. The normalized spacial score (nSPS) is 20.5. The molecule has 1 aliphatic rings. The Bertz CT molecular complexity index is 295. The van der Waals surface area contributed by atoms with E-state index in [0.717, 1.165) is 25.5 Å². The molecular formula is C9H13N5. The lowest BCUT2D eigenvalue weighted by Gasteiger charge is -2.33. The first-order valence-electron chi connectivity index (χ1n) is 4.54. The van der Waals surface area contributed by atoms with Crippen LogP contribution >= 0.6 is 0 Å². The van der Waals surface area contributed by atoms with E-state index in [0.29, 0.717) is 13.0 Å². The summed E-state index contributed by atoms with van der Waals surface area (Å²) >= 11 is 0. The second-order valence-electron chi connectivity index (χ2n) is 3.23. The molecule has 1 heterocycles. The minimum atomic E-state index is 0.531. The van der Waals surface area contributed by atoms with Crippen LogP contribution in [0.3, 0.4) is 0 Å². The summed E-state index contributed by atoms with van der Waals surface area (Å²) in [6.07, 6.45) is 2.33.